The Morgan fingerprint density at radius 3 is 2.61 bits per heavy atom. The quantitative estimate of drug-likeness (QED) is 0.706. The highest BCUT2D eigenvalue weighted by Gasteiger charge is 2.27. The van der Waals surface area contributed by atoms with Gasteiger partial charge in [0.05, 0.1) is 0 Å². The van der Waals surface area contributed by atoms with Gasteiger partial charge in [-0.15, -0.1) is 12.4 Å². The molecule has 146 valence electrons. The van der Waals surface area contributed by atoms with E-state index < -0.39 is 0 Å². The molecule has 1 unspecified atom stereocenters. The van der Waals surface area contributed by atoms with Crippen molar-refractivity contribution in [2.24, 2.45) is 5.73 Å². The van der Waals surface area contributed by atoms with Crippen molar-refractivity contribution in [2.45, 2.75) is 25.3 Å². The Balaban J connectivity index is 0.00000225. The van der Waals surface area contributed by atoms with E-state index in [1.165, 1.54) is 0 Å². The first-order valence-corrected chi connectivity index (χ1v) is 9.30. The first-order valence-electron chi connectivity index (χ1n) is 9.30. The highest BCUT2D eigenvalue weighted by Crippen LogP contribution is 2.27. The molecule has 1 fully saturated rings. The molecule has 0 radical (unpaired) electrons. The number of likely N-dealkylation sites (tertiary alicyclic amines) is 1. The maximum atomic E-state index is 12.9. The Morgan fingerprint density at radius 2 is 1.89 bits per heavy atom. The Labute approximate surface area is 170 Å². The average molecular weight is 398 g/mol. The summed E-state index contributed by atoms with van der Waals surface area (Å²) in [5.41, 5.74) is 8.35. The summed E-state index contributed by atoms with van der Waals surface area (Å²) >= 11 is 0. The van der Waals surface area contributed by atoms with Gasteiger partial charge in [-0.2, -0.15) is 5.10 Å². The number of aromatic amines is 1. The molecule has 4 rings (SSSR count). The van der Waals surface area contributed by atoms with Crippen LogP contribution in [-0.4, -0.2) is 39.1 Å². The molecule has 3 N–H and O–H groups in total. The van der Waals surface area contributed by atoms with Crippen molar-refractivity contribution in [2.75, 3.05) is 13.1 Å². The molecule has 0 spiro atoms. The van der Waals surface area contributed by atoms with Gasteiger partial charge in [0.15, 0.2) is 5.82 Å². The molecule has 1 amide bonds. The molecule has 0 bridgehead atoms. The number of nitrogens with one attached hydrogen (secondary N) is 1. The van der Waals surface area contributed by atoms with Gasteiger partial charge in [-0.05, 0) is 30.5 Å². The summed E-state index contributed by atoms with van der Waals surface area (Å²) in [6, 6.07) is 17.5. The molecule has 1 aliphatic heterocycles. The van der Waals surface area contributed by atoms with Crippen molar-refractivity contribution in [1.82, 2.24) is 20.1 Å². The van der Waals surface area contributed by atoms with Gasteiger partial charge in [0.1, 0.15) is 5.82 Å². The van der Waals surface area contributed by atoms with Crippen LogP contribution in [-0.2, 0) is 6.54 Å². The lowest BCUT2D eigenvalue weighted by atomic mass is 9.96. The zero-order chi connectivity index (χ0) is 18.6. The summed E-state index contributed by atoms with van der Waals surface area (Å²) in [4.78, 5) is 19.4. The molecule has 28 heavy (non-hydrogen) atoms. The number of nitrogens with zero attached hydrogens (tertiary/aromatic N) is 3. The highest BCUT2D eigenvalue weighted by molar-refractivity contribution is 5.94. The molecular weight excluding hydrogens is 374 g/mol. The number of hydrogen-bond acceptors (Lipinski definition) is 4. The number of carbonyl (C=O) groups excluding carboxylic acids is 1. The molecule has 1 aliphatic rings. The maximum absolute atomic E-state index is 12.9. The number of carbonyl (C=O) groups is 1. The predicted octanol–water partition coefficient (Wildman–Crippen LogP) is 3.37. The lowest BCUT2D eigenvalue weighted by molar-refractivity contribution is 0.0704. The van der Waals surface area contributed by atoms with Crippen LogP contribution in [0.2, 0.25) is 0 Å². The van der Waals surface area contributed by atoms with E-state index in [2.05, 4.69) is 15.2 Å². The van der Waals surface area contributed by atoms with E-state index in [9.17, 15) is 4.79 Å². The molecule has 2 aromatic carbocycles. The SMILES string of the molecule is Cl.NCc1ccc(C(=O)N2CCCC(c3nc(-c4ccccc4)n[nH]3)C2)cc1. The summed E-state index contributed by atoms with van der Waals surface area (Å²) in [6.45, 7) is 1.91. The van der Waals surface area contributed by atoms with E-state index >= 15 is 0 Å². The maximum Gasteiger partial charge on any atom is 0.253 e. The summed E-state index contributed by atoms with van der Waals surface area (Å²) in [7, 11) is 0. The van der Waals surface area contributed by atoms with Gasteiger partial charge in [0.2, 0.25) is 0 Å². The third kappa shape index (κ3) is 4.24. The van der Waals surface area contributed by atoms with Crippen LogP contribution in [0.4, 0.5) is 0 Å². The number of nitrogens with two attached hydrogens (primary N) is 1. The van der Waals surface area contributed by atoms with E-state index in [-0.39, 0.29) is 24.2 Å². The first-order chi connectivity index (χ1) is 13.2. The van der Waals surface area contributed by atoms with Gasteiger partial charge in [-0.3, -0.25) is 9.89 Å². The summed E-state index contributed by atoms with van der Waals surface area (Å²) in [5.74, 6) is 1.79. The second kappa shape index (κ2) is 8.99. The summed E-state index contributed by atoms with van der Waals surface area (Å²) < 4.78 is 0. The molecule has 1 atom stereocenters. The van der Waals surface area contributed by atoms with Crippen molar-refractivity contribution >= 4 is 18.3 Å². The number of rotatable bonds is 4. The third-order valence-corrected chi connectivity index (χ3v) is 5.07. The van der Waals surface area contributed by atoms with Crippen LogP contribution in [0.3, 0.4) is 0 Å². The number of hydrogen-bond donors (Lipinski definition) is 2. The first kappa shape index (κ1) is 20.0. The van der Waals surface area contributed by atoms with Gasteiger partial charge in [-0.25, -0.2) is 4.98 Å². The molecule has 3 aromatic rings. The fraction of sp³-hybridized carbons (Fsp3) is 0.286. The zero-order valence-corrected chi connectivity index (χ0v) is 16.4. The van der Waals surface area contributed by atoms with Crippen LogP contribution in [0.25, 0.3) is 11.4 Å². The standard InChI is InChI=1S/C21H23N5O.ClH/c22-13-15-8-10-17(11-9-15)21(27)26-12-4-7-18(14-26)20-23-19(24-25-20)16-5-2-1-3-6-16;/h1-3,5-6,8-11,18H,4,7,12-14,22H2,(H,23,24,25);1H. The molecule has 1 saturated heterocycles. The van der Waals surface area contributed by atoms with Crippen molar-refractivity contribution in [3.05, 3.63) is 71.5 Å². The Kier molecular flexibility index (Phi) is 6.44. The second-order valence-corrected chi connectivity index (χ2v) is 6.90. The van der Waals surface area contributed by atoms with E-state index in [0.29, 0.717) is 24.5 Å². The van der Waals surface area contributed by atoms with Crippen LogP contribution in [0.1, 0.15) is 40.5 Å². The van der Waals surface area contributed by atoms with Crippen molar-refractivity contribution in [1.29, 1.82) is 0 Å². The van der Waals surface area contributed by atoms with Gasteiger partial charge in [-0.1, -0.05) is 42.5 Å². The highest BCUT2D eigenvalue weighted by atomic mass is 35.5. The van der Waals surface area contributed by atoms with Crippen LogP contribution in [0, 0.1) is 0 Å². The average Bonchev–Trinajstić information content (AvgIpc) is 3.24. The fourth-order valence-corrected chi connectivity index (χ4v) is 3.52. The number of halogens is 1. The largest absolute Gasteiger partial charge is 0.338 e. The van der Waals surface area contributed by atoms with Gasteiger partial charge in [0.25, 0.3) is 5.91 Å². The topological polar surface area (TPSA) is 87.9 Å². The van der Waals surface area contributed by atoms with Crippen LogP contribution in [0.5, 0.6) is 0 Å². The van der Waals surface area contributed by atoms with Crippen molar-refractivity contribution in [3.63, 3.8) is 0 Å². The number of amides is 1. The molecule has 0 saturated carbocycles. The number of H-pyrrole nitrogens is 1. The molecule has 7 heteroatoms. The molecular formula is C21H24ClN5O. The Hall–Kier alpha value is -2.70. The predicted molar refractivity (Wildman–Crippen MR) is 111 cm³/mol. The minimum atomic E-state index is 0. The Bertz CT molecular complexity index is 910. The van der Waals surface area contributed by atoms with Crippen molar-refractivity contribution in [3.8, 4) is 11.4 Å². The minimum Gasteiger partial charge on any atom is -0.338 e. The van der Waals surface area contributed by atoms with Gasteiger partial charge >= 0.3 is 0 Å². The smallest absolute Gasteiger partial charge is 0.253 e. The molecule has 0 aliphatic carbocycles. The van der Waals surface area contributed by atoms with Crippen LogP contribution in [0.15, 0.2) is 54.6 Å². The van der Waals surface area contributed by atoms with Gasteiger partial charge < -0.3 is 10.6 Å². The van der Waals surface area contributed by atoms with Crippen LogP contribution >= 0.6 is 12.4 Å². The zero-order valence-electron chi connectivity index (χ0n) is 15.5. The number of piperidine rings is 1. The monoisotopic (exact) mass is 397 g/mol. The van der Waals surface area contributed by atoms with E-state index in [1.807, 2.05) is 59.5 Å². The normalized spacial score (nSPS) is 16.5. The lowest BCUT2D eigenvalue weighted by Gasteiger charge is -2.31. The van der Waals surface area contributed by atoms with Gasteiger partial charge in [0, 0.05) is 36.7 Å². The minimum absolute atomic E-state index is 0. The second-order valence-electron chi connectivity index (χ2n) is 6.90. The van der Waals surface area contributed by atoms with E-state index in [1.54, 1.807) is 0 Å². The third-order valence-electron chi connectivity index (χ3n) is 5.07. The van der Waals surface area contributed by atoms with Crippen LogP contribution < -0.4 is 5.73 Å². The number of benzene rings is 2. The molecule has 1 aromatic heterocycles. The van der Waals surface area contributed by atoms with Crippen molar-refractivity contribution < 1.29 is 4.79 Å². The summed E-state index contributed by atoms with van der Waals surface area (Å²) in [6.07, 6.45) is 1.96. The lowest BCUT2D eigenvalue weighted by Crippen LogP contribution is -2.39. The Morgan fingerprint density at radius 1 is 1.14 bits per heavy atom. The molecule has 2 heterocycles. The number of aromatic nitrogens is 3. The van der Waals surface area contributed by atoms with E-state index in [4.69, 9.17) is 5.73 Å². The van der Waals surface area contributed by atoms with E-state index in [0.717, 1.165) is 36.3 Å². The summed E-state index contributed by atoms with van der Waals surface area (Å²) in [5, 5.41) is 7.43. The molecule has 6 nitrogen and oxygen atoms in total. The fourth-order valence-electron chi connectivity index (χ4n) is 3.52.